The van der Waals surface area contributed by atoms with Crippen LogP contribution in [0.3, 0.4) is 0 Å². The van der Waals surface area contributed by atoms with Crippen molar-refractivity contribution >= 4 is 33.2 Å². The summed E-state index contributed by atoms with van der Waals surface area (Å²) in [5.41, 5.74) is 0.748. The Morgan fingerprint density at radius 3 is 3.09 bits per heavy atom. The topological polar surface area (TPSA) is 30.2 Å². The minimum atomic E-state index is 0.542. The van der Waals surface area contributed by atoms with Gasteiger partial charge in [0.1, 0.15) is 11.5 Å². The van der Waals surface area contributed by atoms with Gasteiger partial charge >= 0.3 is 0 Å². The van der Waals surface area contributed by atoms with E-state index >= 15 is 0 Å². The lowest BCUT2D eigenvalue weighted by atomic mass is 10.5. The molecule has 0 spiro atoms. The summed E-state index contributed by atoms with van der Waals surface area (Å²) in [5.74, 6) is 0. The van der Waals surface area contributed by atoms with Gasteiger partial charge in [0.2, 0.25) is 0 Å². The second-order valence-electron chi connectivity index (χ2n) is 2.00. The zero-order valence-corrected chi connectivity index (χ0v) is 7.67. The molecule has 3 nitrogen and oxygen atoms in total. The molecule has 5 heteroatoms. The molecule has 2 aromatic heterocycles. The van der Waals surface area contributed by atoms with Gasteiger partial charge in [0.05, 0.1) is 4.47 Å². The van der Waals surface area contributed by atoms with Crippen molar-refractivity contribution < 1.29 is 0 Å². The van der Waals surface area contributed by atoms with E-state index in [1.165, 1.54) is 6.33 Å². The third-order valence-electron chi connectivity index (χ3n) is 1.34. The summed E-state index contributed by atoms with van der Waals surface area (Å²) in [6, 6.07) is 3.68. The monoisotopic (exact) mass is 231 g/mol. The van der Waals surface area contributed by atoms with Crippen molar-refractivity contribution in [3.05, 3.63) is 28.1 Å². The Balaban J connectivity index is 2.93. The van der Waals surface area contributed by atoms with E-state index in [1.807, 2.05) is 12.1 Å². The van der Waals surface area contributed by atoms with Crippen LogP contribution in [0.15, 0.2) is 22.9 Å². The SMILES string of the molecule is Clc1c(Br)ccc2ncnn12. The second-order valence-corrected chi connectivity index (χ2v) is 3.21. The van der Waals surface area contributed by atoms with E-state index in [0.29, 0.717) is 5.15 Å². The molecule has 0 aliphatic rings. The van der Waals surface area contributed by atoms with Gasteiger partial charge in [-0.1, -0.05) is 11.6 Å². The van der Waals surface area contributed by atoms with E-state index in [4.69, 9.17) is 11.6 Å². The fourth-order valence-electron chi connectivity index (χ4n) is 0.833. The zero-order chi connectivity index (χ0) is 7.84. The molecule has 2 rings (SSSR count). The number of hydrogen-bond acceptors (Lipinski definition) is 2. The number of aromatic nitrogens is 3. The number of fused-ring (bicyclic) bond motifs is 1. The molecule has 0 saturated carbocycles. The molecule has 2 heterocycles. The number of halogens is 2. The Morgan fingerprint density at radius 1 is 1.45 bits per heavy atom. The fraction of sp³-hybridized carbons (Fsp3) is 0. The molecule has 0 aliphatic carbocycles. The van der Waals surface area contributed by atoms with Crippen molar-refractivity contribution in [2.75, 3.05) is 0 Å². The van der Waals surface area contributed by atoms with E-state index in [-0.39, 0.29) is 0 Å². The molecular weight excluding hydrogens is 229 g/mol. The van der Waals surface area contributed by atoms with E-state index < -0.39 is 0 Å². The standard InChI is InChI=1S/C6H3BrClN3/c7-4-1-2-5-9-3-10-11(5)6(4)8/h1-3H. The summed E-state index contributed by atoms with van der Waals surface area (Å²) in [4.78, 5) is 3.97. The van der Waals surface area contributed by atoms with Gasteiger partial charge in [0.25, 0.3) is 0 Å². The highest BCUT2D eigenvalue weighted by Crippen LogP contribution is 2.21. The third-order valence-corrected chi connectivity index (χ3v) is 2.57. The Labute approximate surface area is 76.1 Å². The summed E-state index contributed by atoms with van der Waals surface area (Å²) in [5, 5.41) is 4.46. The van der Waals surface area contributed by atoms with Gasteiger partial charge in [0, 0.05) is 0 Å². The minimum Gasteiger partial charge on any atom is -0.215 e. The van der Waals surface area contributed by atoms with Crippen LogP contribution in [0.25, 0.3) is 5.65 Å². The van der Waals surface area contributed by atoms with Crippen molar-refractivity contribution in [3.8, 4) is 0 Å². The molecule has 56 valence electrons. The molecule has 0 atom stereocenters. The molecule has 0 N–H and O–H groups in total. The summed E-state index contributed by atoms with van der Waals surface area (Å²) in [6.45, 7) is 0. The van der Waals surface area contributed by atoms with Crippen LogP contribution in [-0.2, 0) is 0 Å². The maximum absolute atomic E-state index is 5.88. The number of hydrogen-bond donors (Lipinski definition) is 0. The molecule has 0 unspecified atom stereocenters. The van der Waals surface area contributed by atoms with Crippen LogP contribution in [0.5, 0.6) is 0 Å². The smallest absolute Gasteiger partial charge is 0.157 e. The average molecular weight is 232 g/mol. The van der Waals surface area contributed by atoms with Crippen LogP contribution >= 0.6 is 27.5 Å². The lowest BCUT2D eigenvalue weighted by molar-refractivity contribution is 0.957. The van der Waals surface area contributed by atoms with Crippen molar-refractivity contribution in [3.63, 3.8) is 0 Å². The Bertz CT molecular complexity index is 398. The predicted octanol–water partition coefficient (Wildman–Crippen LogP) is 2.15. The highest BCUT2D eigenvalue weighted by atomic mass is 79.9. The Morgan fingerprint density at radius 2 is 2.27 bits per heavy atom. The van der Waals surface area contributed by atoms with E-state index in [2.05, 4.69) is 26.0 Å². The molecule has 2 aromatic rings. The molecular formula is C6H3BrClN3. The first-order chi connectivity index (χ1) is 5.29. The van der Waals surface area contributed by atoms with E-state index in [9.17, 15) is 0 Å². The van der Waals surface area contributed by atoms with Crippen LogP contribution in [0, 0.1) is 0 Å². The first kappa shape index (κ1) is 7.06. The maximum atomic E-state index is 5.88. The molecule has 0 aromatic carbocycles. The first-order valence-corrected chi connectivity index (χ1v) is 4.10. The highest BCUT2D eigenvalue weighted by Gasteiger charge is 2.02. The summed E-state index contributed by atoms with van der Waals surface area (Å²) in [6.07, 6.45) is 1.47. The molecule has 0 amide bonds. The minimum absolute atomic E-state index is 0.542. The second kappa shape index (κ2) is 2.46. The quantitative estimate of drug-likeness (QED) is 0.652. The molecule has 0 bridgehead atoms. The zero-order valence-electron chi connectivity index (χ0n) is 5.33. The average Bonchev–Trinajstić information content (AvgIpc) is 2.45. The molecule has 0 saturated heterocycles. The van der Waals surface area contributed by atoms with Crippen LogP contribution in [0.2, 0.25) is 5.15 Å². The third kappa shape index (κ3) is 1.02. The van der Waals surface area contributed by atoms with Crippen molar-refractivity contribution in [2.24, 2.45) is 0 Å². The number of nitrogens with zero attached hydrogens (tertiary/aromatic N) is 3. The molecule has 11 heavy (non-hydrogen) atoms. The lowest BCUT2D eigenvalue weighted by Crippen LogP contribution is -1.88. The van der Waals surface area contributed by atoms with Crippen molar-refractivity contribution in [1.82, 2.24) is 14.6 Å². The molecule has 0 radical (unpaired) electrons. The summed E-state index contributed by atoms with van der Waals surface area (Å²) in [7, 11) is 0. The largest absolute Gasteiger partial charge is 0.215 e. The van der Waals surface area contributed by atoms with Crippen LogP contribution in [-0.4, -0.2) is 14.6 Å². The Hall–Kier alpha value is -0.610. The Kier molecular flexibility index (Phi) is 1.58. The number of rotatable bonds is 0. The highest BCUT2D eigenvalue weighted by molar-refractivity contribution is 9.10. The van der Waals surface area contributed by atoms with Gasteiger partial charge in [-0.25, -0.2) is 9.50 Å². The van der Waals surface area contributed by atoms with Gasteiger partial charge in [0.15, 0.2) is 5.65 Å². The van der Waals surface area contributed by atoms with Crippen LogP contribution < -0.4 is 0 Å². The lowest BCUT2D eigenvalue weighted by Gasteiger charge is -1.96. The summed E-state index contributed by atoms with van der Waals surface area (Å²) >= 11 is 9.16. The van der Waals surface area contributed by atoms with Gasteiger partial charge in [-0.15, -0.1) is 0 Å². The van der Waals surface area contributed by atoms with Gasteiger partial charge in [-0.05, 0) is 28.1 Å². The van der Waals surface area contributed by atoms with E-state index in [0.717, 1.165) is 10.1 Å². The van der Waals surface area contributed by atoms with Gasteiger partial charge in [-0.3, -0.25) is 0 Å². The number of pyridine rings is 1. The van der Waals surface area contributed by atoms with Gasteiger partial charge < -0.3 is 0 Å². The van der Waals surface area contributed by atoms with Crippen LogP contribution in [0.4, 0.5) is 0 Å². The maximum Gasteiger partial charge on any atom is 0.157 e. The molecule has 0 aliphatic heterocycles. The van der Waals surface area contributed by atoms with E-state index in [1.54, 1.807) is 4.52 Å². The van der Waals surface area contributed by atoms with Crippen molar-refractivity contribution in [2.45, 2.75) is 0 Å². The molecule has 0 fully saturated rings. The van der Waals surface area contributed by atoms with Gasteiger partial charge in [-0.2, -0.15) is 5.10 Å². The summed E-state index contributed by atoms with van der Waals surface area (Å²) < 4.78 is 2.38. The normalized spacial score (nSPS) is 10.7. The first-order valence-electron chi connectivity index (χ1n) is 2.93. The predicted molar refractivity (Wildman–Crippen MR) is 45.7 cm³/mol. The fourth-order valence-corrected chi connectivity index (χ4v) is 1.33. The van der Waals surface area contributed by atoms with Crippen LogP contribution in [0.1, 0.15) is 0 Å². The van der Waals surface area contributed by atoms with Crippen molar-refractivity contribution in [1.29, 1.82) is 0 Å².